The minimum Gasteiger partial charge on any atom is -0.475 e. The number of aliphatic carboxylic acids is 1. The van der Waals surface area contributed by atoms with Crippen LogP contribution in [0.2, 0.25) is 5.02 Å². The summed E-state index contributed by atoms with van der Waals surface area (Å²) in [6.45, 7) is 2.61. The van der Waals surface area contributed by atoms with Gasteiger partial charge in [0.2, 0.25) is 5.78 Å². The summed E-state index contributed by atoms with van der Waals surface area (Å²) in [5, 5.41) is 12.2. The monoisotopic (exact) mass is 642 g/mol. The highest BCUT2D eigenvalue weighted by Gasteiger charge is 2.48. The average molecular weight is 643 g/mol. The number of benzene rings is 1. The van der Waals surface area contributed by atoms with Crippen molar-refractivity contribution in [3.63, 3.8) is 0 Å². The number of carbonyl (C=O) groups excluding carboxylic acids is 2. The van der Waals surface area contributed by atoms with Crippen molar-refractivity contribution in [2.75, 3.05) is 34.2 Å². The van der Waals surface area contributed by atoms with E-state index in [2.05, 4.69) is 32.1 Å². The van der Waals surface area contributed by atoms with Gasteiger partial charge in [0.05, 0.1) is 17.4 Å². The van der Waals surface area contributed by atoms with E-state index in [1.54, 1.807) is 12.1 Å². The van der Waals surface area contributed by atoms with Gasteiger partial charge in [-0.2, -0.15) is 13.2 Å². The number of alkyl halides is 3. The van der Waals surface area contributed by atoms with Crippen LogP contribution in [0.3, 0.4) is 0 Å². The van der Waals surface area contributed by atoms with Gasteiger partial charge in [0.1, 0.15) is 5.54 Å². The summed E-state index contributed by atoms with van der Waals surface area (Å²) in [5.41, 5.74) is 7.96. The second-order valence-electron chi connectivity index (χ2n) is 11.4. The molecule has 5 N–H and O–H groups in total. The van der Waals surface area contributed by atoms with Crippen LogP contribution in [0.5, 0.6) is 0 Å². The number of Topliss-reactive ketones (excluding diaryl/α,β-unsaturated/α-hetero) is 1. The fourth-order valence-corrected chi connectivity index (χ4v) is 6.81. The Morgan fingerprint density at radius 3 is 2.65 bits per heavy atom. The van der Waals surface area contributed by atoms with Crippen molar-refractivity contribution in [2.24, 2.45) is 11.7 Å². The molecule has 3 atom stereocenters. The number of carbonyl (C=O) groups is 3. The number of rotatable bonds is 6. The van der Waals surface area contributed by atoms with E-state index in [-0.39, 0.29) is 11.7 Å². The molecule has 3 unspecified atom stereocenters. The molecule has 1 aromatic carbocycles. The number of aromatic amines is 1. The molecule has 234 valence electrons. The lowest BCUT2D eigenvalue weighted by atomic mass is 9.70. The van der Waals surface area contributed by atoms with Crippen LogP contribution in [-0.2, 0) is 17.8 Å². The summed E-state index contributed by atoms with van der Waals surface area (Å²) < 4.78 is 31.7. The minimum atomic E-state index is -5.08. The van der Waals surface area contributed by atoms with Crippen LogP contribution in [0, 0.1) is 5.92 Å². The average Bonchev–Trinajstić information content (AvgIpc) is 3.53. The normalized spacial score (nSPS) is 22.5. The third-order valence-electron chi connectivity index (χ3n) is 7.69. The van der Waals surface area contributed by atoms with E-state index >= 15 is 0 Å². The van der Waals surface area contributed by atoms with E-state index in [1.807, 2.05) is 26.2 Å². The first-order valence-electron chi connectivity index (χ1n) is 13.6. The number of halogens is 4. The third kappa shape index (κ3) is 7.73. The van der Waals surface area contributed by atoms with Crippen molar-refractivity contribution in [1.29, 1.82) is 0 Å². The molecule has 43 heavy (non-hydrogen) atoms. The largest absolute Gasteiger partial charge is 0.490 e. The Morgan fingerprint density at radius 2 is 2.00 bits per heavy atom. The maximum absolute atomic E-state index is 13.9. The number of hydrogen-bond acceptors (Lipinski definition) is 8. The zero-order chi connectivity index (χ0) is 31.7. The fraction of sp³-hybridized carbons (Fsp3) is 0.500. The van der Waals surface area contributed by atoms with Crippen molar-refractivity contribution in [1.82, 2.24) is 25.1 Å². The van der Waals surface area contributed by atoms with Gasteiger partial charge in [-0.3, -0.25) is 9.59 Å². The minimum absolute atomic E-state index is 0.191. The summed E-state index contributed by atoms with van der Waals surface area (Å²) in [6, 6.07) is 6.76. The highest BCUT2D eigenvalue weighted by molar-refractivity contribution is 7.13. The lowest BCUT2D eigenvalue weighted by molar-refractivity contribution is -0.192. The third-order valence-corrected chi connectivity index (χ3v) is 9.01. The predicted octanol–water partition coefficient (Wildman–Crippen LogP) is 3.94. The Morgan fingerprint density at radius 1 is 1.30 bits per heavy atom. The molecule has 3 heterocycles. The van der Waals surface area contributed by atoms with E-state index in [1.165, 1.54) is 11.3 Å². The zero-order valence-corrected chi connectivity index (χ0v) is 25.5. The first-order chi connectivity index (χ1) is 20.1. The van der Waals surface area contributed by atoms with Crippen LogP contribution in [0.1, 0.15) is 50.1 Å². The lowest BCUT2D eigenvalue weighted by Gasteiger charge is -2.43. The lowest BCUT2D eigenvalue weighted by Crippen LogP contribution is -2.66. The van der Waals surface area contributed by atoms with Gasteiger partial charge in [0, 0.05) is 46.9 Å². The fourth-order valence-electron chi connectivity index (χ4n) is 5.54. The molecule has 1 amide bonds. The SMILES string of the molecule is CN(C)CC1CCC(N)(C(=O)c2cc3cc(Cl)ccc3[nH]2)C(NC(=O)c2nc3c(s2)CN(C)CC3)C1.O=C(O)C(F)(F)F. The van der Waals surface area contributed by atoms with Gasteiger partial charge in [-0.05, 0) is 70.6 Å². The summed E-state index contributed by atoms with van der Waals surface area (Å²) >= 11 is 7.58. The standard InChI is InChI=1S/C26H33ClN6O2S.C2HF3O2/c1-32(2)13-15-6-8-26(28,23(34)20-12-16-11-17(27)4-5-18(16)29-20)22(10-15)31-24(35)25-30-19-7-9-33(3)14-21(19)36-25;3-2(4,5)1(6)7/h4-5,11-12,15,22,29H,6-10,13-14,28H2,1-3H3,(H,31,35);(H,6,7). The van der Waals surface area contributed by atoms with Crippen LogP contribution in [0.15, 0.2) is 24.3 Å². The quantitative estimate of drug-likeness (QED) is 0.296. The number of amides is 1. The van der Waals surface area contributed by atoms with Gasteiger partial charge < -0.3 is 30.9 Å². The molecule has 3 aromatic rings. The summed E-state index contributed by atoms with van der Waals surface area (Å²) in [7, 11) is 6.15. The van der Waals surface area contributed by atoms with Gasteiger partial charge in [-0.25, -0.2) is 9.78 Å². The van der Waals surface area contributed by atoms with Crippen molar-refractivity contribution in [2.45, 2.75) is 50.0 Å². The number of fused-ring (bicyclic) bond motifs is 2. The van der Waals surface area contributed by atoms with E-state index in [0.29, 0.717) is 34.5 Å². The van der Waals surface area contributed by atoms with Gasteiger partial charge in [0.15, 0.2) is 5.01 Å². The first-order valence-corrected chi connectivity index (χ1v) is 14.8. The van der Waals surface area contributed by atoms with Crippen molar-refractivity contribution >= 4 is 51.5 Å². The molecule has 1 fully saturated rings. The molecule has 0 saturated heterocycles. The maximum Gasteiger partial charge on any atom is 0.490 e. The van der Waals surface area contributed by atoms with Crippen LogP contribution in [-0.4, -0.2) is 94.5 Å². The van der Waals surface area contributed by atoms with Crippen molar-refractivity contribution < 1.29 is 32.7 Å². The Bertz CT molecular complexity index is 1510. The van der Waals surface area contributed by atoms with E-state index in [0.717, 1.165) is 53.9 Å². The molecule has 2 aliphatic rings. The van der Waals surface area contributed by atoms with Crippen LogP contribution in [0.4, 0.5) is 13.2 Å². The zero-order valence-electron chi connectivity index (χ0n) is 23.9. The Labute approximate surface area is 255 Å². The van der Waals surface area contributed by atoms with Gasteiger partial charge in [-0.1, -0.05) is 11.6 Å². The van der Waals surface area contributed by atoms with Crippen LogP contribution < -0.4 is 11.1 Å². The number of carboxylic acids is 1. The number of ketones is 1. The second-order valence-corrected chi connectivity index (χ2v) is 12.9. The molecule has 10 nitrogen and oxygen atoms in total. The highest BCUT2D eigenvalue weighted by atomic mass is 35.5. The maximum atomic E-state index is 13.9. The van der Waals surface area contributed by atoms with Crippen molar-refractivity contribution in [3.8, 4) is 0 Å². The molecular formula is C28H34ClF3N6O4S. The molecule has 1 aliphatic heterocycles. The number of carboxylic acid groups (broad SMARTS) is 1. The van der Waals surface area contributed by atoms with Gasteiger partial charge in [0.25, 0.3) is 5.91 Å². The number of H-pyrrole nitrogens is 1. The molecular weight excluding hydrogens is 609 g/mol. The van der Waals surface area contributed by atoms with E-state index < -0.39 is 23.7 Å². The number of aromatic nitrogens is 2. The molecule has 0 bridgehead atoms. The smallest absolute Gasteiger partial charge is 0.475 e. The molecule has 1 saturated carbocycles. The molecule has 15 heteroatoms. The molecule has 2 aromatic heterocycles. The topological polar surface area (TPSA) is 145 Å². The number of nitrogens with zero attached hydrogens (tertiary/aromatic N) is 3. The highest BCUT2D eigenvalue weighted by Crippen LogP contribution is 2.35. The number of thiazole rings is 1. The summed E-state index contributed by atoms with van der Waals surface area (Å²) in [5.74, 6) is -2.87. The van der Waals surface area contributed by atoms with Crippen LogP contribution in [0.25, 0.3) is 10.9 Å². The second kappa shape index (κ2) is 12.9. The van der Waals surface area contributed by atoms with Crippen LogP contribution >= 0.6 is 22.9 Å². The Kier molecular flexibility index (Phi) is 9.86. The number of hydrogen-bond donors (Lipinski definition) is 4. The van der Waals surface area contributed by atoms with E-state index in [9.17, 15) is 22.8 Å². The Balaban J connectivity index is 0.000000541. The number of nitrogens with two attached hydrogens (primary N) is 1. The molecule has 0 spiro atoms. The molecule has 5 rings (SSSR count). The van der Waals surface area contributed by atoms with Gasteiger partial charge in [-0.15, -0.1) is 11.3 Å². The number of likely N-dealkylation sites (N-methyl/N-ethyl adjacent to an activating group) is 1. The summed E-state index contributed by atoms with van der Waals surface area (Å²) in [4.78, 5) is 49.5. The van der Waals surface area contributed by atoms with Gasteiger partial charge >= 0.3 is 12.1 Å². The summed E-state index contributed by atoms with van der Waals surface area (Å²) in [6.07, 6.45) is -2.30. The van der Waals surface area contributed by atoms with Crippen molar-refractivity contribution in [3.05, 3.63) is 50.6 Å². The predicted molar refractivity (Wildman–Crippen MR) is 158 cm³/mol. The molecule has 0 radical (unpaired) electrons. The Hall–Kier alpha value is -3.04. The number of nitrogens with one attached hydrogen (secondary N) is 2. The van der Waals surface area contributed by atoms with E-state index in [4.69, 9.17) is 27.2 Å². The first kappa shape index (κ1) is 32.9. The molecule has 1 aliphatic carbocycles.